The molecule has 0 spiro atoms. The molecule has 146 valence electrons. The van der Waals surface area contributed by atoms with Gasteiger partial charge in [-0.2, -0.15) is 0 Å². The SMILES string of the molecule is CCN(C/C(C)=C/C1=CCCC=C1)C(=O)c1cc(OC)c(OC)c(OC)c1. The van der Waals surface area contributed by atoms with Crippen LogP contribution in [0.1, 0.15) is 37.0 Å². The second kappa shape index (κ2) is 9.86. The van der Waals surface area contributed by atoms with Crippen molar-refractivity contribution >= 4 is 5.91 Å². The van der Waals surface area contributed by atoms with Gasteiger partial charge in [0, 0.05) is 18.7 Å². The van der Waals surface area contributed by atoms with E-state index in [0.717, 1.165) is 18.4 Å². The molecule has 0 saturated carbocycles. The fourth-order valence-corrected chi connectivity index (χ4v) is 3.09. The second-order valence-electron chi connectivity index (χ2n) is 6.41. The Balaban J connectivity index is 2.24. The first-order chi connectivity index (χ1) is 13.0. The summed E-state index contributed by atoms with van der Waals surface area (Å²) in [5, 5.41) is 0. The van der Waals surface area contributed by atoms with Gasteiger partial charge in [0.25, 0.3) is 5.91 Å². The van der Waals surface area contributed by atoms with E-state index in [1.165, 1.54) is 5.57 Å². The van der Waals surface area contributed by atoms with Crippen molar-refractivity contribution in [1.82, 2.24) is 4.90 Å². The molecule has 0 heterocycles. The van der Waals surface area contributed by atoms with Gasteiger partial charge < -0.3 is 19.1 Å². The Morgan fingerprint density at radius 3 is 2.26 bits per heavy atom. The molecule has 5 heteroatoms. The number of hydrogen-bond donors (Lipinski definition) is 0. The average Bonchev–Trinajstić information content (AvgIpc) is 2.70. The highest BCUT2D eigenvalue weighted by atomic mass is 16.5. The van der Waals surface area contributed by atoms with E-state index in [0.29, 0.717) is 35.9 Å². The molecular weight excluding hydrogens is 342 g/mol. The lowest BCUT2D eigenvalue weighted by Gasteiger charge is -2.23. The van der Waals surface area contributed by atoms with E-state index in [9.17, 15) is 4.79 Å². The van der Waals surface area contributed by atoms with E-state index in [4.69, 9.17) is 14.2 Å². The molecule has 0 saturated heterocycles. The normalized spacial score (nSPS) is 13.8. The zero-order valence-electron chi connectivity index (χ0n) is 16.9. The predicted molar refractivity (Wildman–Crippen MR) is 108 cm³/mol. The molecule has 0 aromatic heterocycles. The van der Waals surface area contributed by atoms with Crippen LogP contribution in [0.5, 0.6) is 17.2 Å². The summed E-state index contributed by atoms with van der Waals surface area (Å²) in [6, 6.07) is 3.38. The number of hydrogen-bond acceptors (Lipinski definition) is 4. The molecule has 0 fully saturated rings. The first kappa shape index (κ1) is 20.6. The van der Waals surface area contributed by atoms with Gasteiger partial charge in [-0.1, -0.05) is 29.9 Å². The van der Waals surface area contributed by atoms with Crippen LogP contribution in [-0.4, -0.2) is 45.2 Å². The highest BCUT2D eigenvalue weighted by Crippen LogP contribution is 2.38. The third-order valence-electron chi connectivity index (χ3n) is 4.46. The van der Waals surface area contributed by atoms with E-state index >= 15 is 0 Å². The molecule has 0 unspecified atom stereocenters. The summed E-state index contributed by atoms with van der Waals surface area (Å²) in [5.41, 5.74) is 2.85. The summed E-state index contributed by atoms with van der Waals surface area (Å²) in [5.74, 6) is 1.35. The average molecular weight is 371 g/mol. The monoisotopic (exact) mass is 371 g/mol. The molecule has 1 aliphatic carbocycles. The number of methoxy groups -OCH3 is 3. The maximum absolute atomic E-state index is 13.1. The van der Waals surface area contributed by atoms with Crippen molar-refractivity contribution < 1.29 is 19.0 Å². The van der Waals surface area contributed by atoms with Crippen molar-refractivity contribution in [2.75, 3.05) is 34.4 Å². The maximum atomic E-state index is 13.1. The molecule has 0 bridgehead atoms. The summed E-state index contributed by atoms with van der Waals surface area (Å²) in [7, 11) is 4.63. The van der Waals surface area contributed by atoms with E-state index in [2.05, 4.69) is 31.2 Å². The van der Waals surface area contributed by atoms with Crippen molar-refractivity contribution in [3.63, 3.8) is 0 Å². The molecule has 1 aromatic carbocycles. The number of amides is 1. The highest BCUT2D eigenvalue weighted by molar-refractivity contribution is 5.95. The van der Waals surface area contributed by atoms with Crippen molar-refractivity contribution in [2.24, 2.45) is 0 Å². The number of likely N-dealkylation sites (N-methyl/N-ethyl adjacent to an activating group) is 1. The molecule has 2 rings (SSSR count). The van der Waals surface area contributed by atoms with Gasteiger partial charge in [-0.25, -0.2) is 0 Å². The minimum absolute atomic E-state index is 0.0716. The fraction of sp³-hybridized carbons (Fsp3) is 0.409. The van der Waals surface area contributed by atoms with Gasteiger partial charge in [-0.3, -0.25) is 4.79 Å². The zero-order chi connectivity index (χ0) is 19.8. The first-order valence-corrected chi connectivity index (χ1v) is 9.17. The van der Waals surface area contributed by atoms with Gasteiger partial charge in [0.05, 0.1) is 21.3 Å². The minimum Gasteiger partial charge on any atom is -0.493 e. The van der Waals surface area contributed by atoms with Crippen molar-refractivity contribution in [2.45, 2.75) is 26.7 Å². The highest BCUT2D eigenvalue weighted by Gasteiger charge is 2.20. The van der Waals surface area contributed by atoms with Crippen LogP contribution < -0.4 is 14.2 Å². The molecule has 1 amide bonds. The van der Waals surface area contributed by atoms with Crippen LogP contribution in [0.3, 0.4) is 0 Å². The van der Waals surface area contributed by atoms with Crippen LogP contribution in [0, 0.1) is 0 Å². The van der Waals surface area contributed by atoms with Crippen LogP contribution in [-0.2, 0) is 0 Å². The Bertz CT molecular complexity index is 737. The quantitative estimate of drug-likeness (QED) is 0.680. The summed E-state index contributed by atoms with van der Waals surface area (Å²) in [6.07, 6.45) is 10.8. The summed E-state index contributed by atoms with van der Waals surface area (Å²) < 4.78 is 16.1. The smallest absolute Gasteiger partial charge is 0.254 e. The number of carbonyl (C=O) groups is 1. The Hall–Kier alpha value is -2.69. The zero-order valence-corrected chi connectivity index (χ0v) is 16.9. The van der Waals surface area contributed by atoms with Crippen molar-refractivity contribution in [3.8, 4) is 17.2 Å². The van der Waals surface area contributed by atoms with Gasteiger partial charge in [-0.05, 0) is 44.4 Å². The number of allylic oxidation sites excluding steroid dienone is 5. The number of rotatable bonds is 8. The molecule has 27 heavy (non-hydrogen) atoms. The first-order valence-electron chi connectivity index (χ1n) is 9.17. The lowest BCUT2D eigenvalue weighted by molar-refractivity contribution is 0.0777. The number of nitrogens with zero attached hydrogens (tertiary/aromatic N) is 1. The van der Waals surface area contributed by atoms with Gasteiger partial charge in [0.15, 0.2) is 11.5 Å². The van der Waals surface area contributed by atoms with Gasteiger partial charge in [-0.15, -0.1) is 0 Å². The van der Waals surface area contributed by atoms with E-state index in [1.807, 2.05) is 6.92 Å². The second-order valence-corrected chi connectivity index (χ2v) is 6.41. The van der Waals surface area contributed by atoms with Crippen LogP contribution in [0.15, 0.2) is 47.6 Å². The van der Waals surface area contributed by atoms with Gasteiger partial charge >= 0.3 is 0 Å². The number of ether oxygens (including phenoxy) is 3. The van der Waals surface area contributed by atoms with E-state index in [-0.39, 0.29) is 5.91 Å². The topological polar surface area (TPSA) is 48.0 Å². The molecule has 5 nitrogen and oxygen atoms in total. The van der Waals surface area contributed by atoms with Gasteiger partial charge in [0.2, 0.25) is 5.75 Å². The Morgan fingerprint density at radius 2 is 1.78 bits per heavy atom. The molecule has 0 aliphatic heterocycles. The molecular formula is C22H29NO4. The number of carbonyl (C=O) groups excluding carboxylic acids is 1. The predicted octanol–water partition coefficient (Wildman–Crippen LogP) is 4.40. The lowest BCUT2D eigenvalue weighted by Crippen LogP contribution is -2.32. The van der Waals surface area contributed by atoms with E-state index < -0.39 is 0 Å². The summed E-state index contributed by atoms with van der Waals surface area (Å²) >= 11 is 0. The Kier molecular flexibility index (Phi) is 7.53. The Morgan fingerprint density at radius 1 is 1.11 bits per heavy atom. The molecule has 0 radical (unpaired) electrons. The molecule has 1 aromatic rings. The largest absolute Gasteiger partial charge is 0.493 e. The summed E-state index contributed by atoms with van der Waals surface area (Å²) in [6.45, 7) is 5.20. The van der Waals surface area contributed by atoms with Crippen LogP contribution in [0.25, 0.3) is 0 Å². The lowest BCUT2D eigenvalue weighted by atomic mass is 10.0. The fourth-order valence-electron chi connectivity index (χ4n) is 3.09. The molecule has 0 N–H and O–H groups in total. The van der Waals surface area contributed by atoms with Crippen molar-refractivity contribution in [3.05, 3.63) is 53.1 Å². The van der Waals surface area contributed by atoms with E-state index in [1.54, 1.807) is 38.4 Å². The van der Waals surface area contributed by atoms with Crippen molar-refractivity contribution in [1.29, 1.82) is 0 Å². The standard InChI is InChI=1S/C22H29NO4/c1-6-23(15-16(2)12-17-10-8-7-9-11-17)22(24)18-13-19(25-3)21(27-5)20(14-18)26-4/h8,10-14H,6-7,9,15H2,1-5H3/b16-12+. The van der Waals surface area contributed by atoms with Crippen LogP contribution in [0.4, 0.5) is 0 Å². The molecule has 1 aliphatic rings. The maximum Gasteiger partial charge on any atom is 0.254 e. The third-order valence-corrected chi connectivity index (χ3v) is 4.46. The third kappa shape index (κ3) is 5.16. The number of benzene rings is 1. The minimum atomic E-state index is -0.0716. The van der Waals surface area contributed by atoms with Gasteiger partial charge in [0.1, 0.15) is 0 Å². The summed E-state index contributed by atoms with van der Waals surface area (Å²) in [4.78, 5) is 14.9. The Labute approximate surface area is 161 Å². The molecule has 0 atom stereocenters. The van der Waals surface area contributed by atoms with Crippen LogP contribution >= 0.6 is 0 Å². The van der Waals surface area contributed by atoms with Crippen LogP contribution in [0.2, 0.25) is 0 Å².